The lowest BCUT2D eigenvalue weighted by atomic mass is 10.1. The number of hydrogen-bond donors (Lipinski definition) is 2. The van der Waals surface area contributed by atoms with Gasteiger partial charge in [0.2, 0.25) is 10.0 Å². The summed E-state index contributed by atoms with van der Waals surface area (Å²) in [5.41, 5.74) is 0.860. The average Bonchev–Trinajstić information content (AvgIpc) is 3.31. The van der Waals surface area contributed by atoms with E-state index in [-0.39, 0.29) is 31.2 Å². The molecule has 0 aliphatic heterocycles. The number of fused-ring (bicyclic) bond motifs is 1. The van der Waals surface area contributed by atoms with E-state index in [9.17, 15) is 13.2 Å². The van der Waals surface area contributed by atoms with Crippen molar-refractivity contribution in [3.63, 3.8) is 0 Å². The van der Waals surface area contributed by atoms with Crippen molar-refractivity contribution in [2.75, 3.05) is 12.3 Å². The fourth-order valence-electron chi connectivity index (χ4n) is 3.24. The third-order valence-corrected chi connectivity index (χ3v) is 6.31. The Kier molecular flexibility index (Phi) is 7.07. The summed E-state index contributed by atoms with van der Waals surface area (Å²) in [5, 5.41) is 4.76. The molecule has 0 spiro atoms. The standard InChI is InChI=1S/C25H24N2O5S/c28-25(26-14-15-33(29,30)27-17-19-6-2-1-3-7-19)24-13-12-23(32-24)18-31-22-11-10-20-8-4-5-9-21(20)16-22/h1-13,16,27H,14-15,17-18H2,(H,26,28). The normalized spacial score (nSPS) is 11.4. The molecule has 0 aliphatic rings. The second-order valence-corrected chi connectivity index (χ2v) is 9.37. The van der Waals surface area contributed by atoms with Crippen molar-refractivity contribution in [1.29, 1.82) is 0 Å². The highest BCUT2D eigenvalue weighted by molar-refractivity contribution is 7.89. The molecule has 4 rings (SSSR count). The molecule has 170 valence electrons. The van der Waals surface area contributed by atoms with E-state index in [0.717, 1.165) is 16.3 Å². The summed E-state index contributed by atoms with van der Waals surface area (Å²) in [7, 11) is -3.52. The van der Waals surface area contributed by atoms with E-state index >= 15 is 0 Å². The van der Waals surface area contributed by atoms with Gasteiger partial charge in [0, 0.05) is 13.1 Å². The predicted molar refractivity (Wildman–Crippen MR) is 126 cm³/mol. The molecule has 0 aliphatic carbocycles. The van der Waals surface area contributed by atoms with Crippen molar-refractivity contribution in [2.45, 2.75) is 13.2 Å². The van der Waals surface area contributed by atoms with E-state index in [4.69, 9.17) is 9.15 Å². The monoisotopic (exact) mass is 464 g/mol. The molecule has 0 unspecified atom stereocenters. The van der Waals surface area contributed by atoms with Crippen molar-refractivity contribution in [2.24, 2.45) is 0 Å². The van der Waals surface area contributed by atoms with Crippen LogP contribution in [0, 0.1) is 0 Å². The molecule has 0 saturated carbocycles. The van der Waals surface area contributed by atoms with Gasteiger partial charge in [0.1, 0.15) is 18.1 Å². The van der Waals surface area contributed by atoms with Crippen LogP contribution in [0.1, 0.15) is 21.9 Å². The minimum absolute atomic E-state index is 0.0351. The third kappa shape index (κ3) is 6.44. The van der Waals surface area contributed by atoms with E-state index in [1.165, 1.54) is 6.07 Å². The molecule has 33 heavy (non-hydrogen) atoms. The SMILES string of the molecule is O=C(NCCS(=O)(=O)NCc1ccccc1)c1ccc(COc2ccc3ccccc3c2)o1. The van der Waals surface area contributed by atoms with Crippen molar-refractivity contribution in [3.8, 4) is 5.75 Å². The van der Waals surface area contributed by atoms with E-state index in [0.29, 0.717) is 11.5 Å². The topological polar surface area (TPSA) is 97.6 Å². The molecule has 0 radical (unpaired) electrons. The molecule has 0 fully saturated rings. The lowest BCUT2D eigenvalue weighted by molar-refractivity contribution is 0.0924. The zero-order chi connectivity index (χ0) is 23.1. The average molecular weight is 465 g/mol. The van der Waals surface area contributed by atoms with Crippen LogP contribution in [0.15, 0.2) is 89.3 Å². The van der Waals surface area contributed by atoms with Gasteiger partial charge in [-0.25, -0.2) is 13.1 Å². The molecule has 1 aromatic heterocycles. The zero-order valence-electron chi connectivity index (χ0n) is 17.9. The maximum Gasteiger partial charge on any atom is 0.287 e. The maximum absolute atomic E-state index is 12.3. The highest BCUT2D eigenvalue weighted by Gasteiger charge is 2.14. The Morgan fingerprint density at radius 1 is 0.879 bits per heavy atom. The Balaban J connectivity index is 1.23. The number of carbonyl (C=O) groups is 1. The van der Waals surface area contributed by atoms with Gasteiger partial charge in [-0.15, -0.1) is 0 Å². The van der Waals surface area contributed by atoms with Crippen molar-refractivity contribution in [3.05, 3.63) is 102 Å². The number of nitrogens with one attached hydrogen (secondary N) is 2. The first kappa shape index (κ1) is 22.6. The maximum atomic E-state index is 12.3. The smallest absolute Gasteiger partial charge is 0.287 e. The van der Waals surface area contributed by atoms with Crippen LogP contribution >= 0.6 is 0 Å². The molecule has 0 bridgehead atoms. The Bertz CT molecular complexity index is 1330. The summed E-state index contributed by atoms with van der Waals surface area (Å²) in [4.78, 5) is 12.3. The van der Waals surface area contributed by atoms with Gasteiger partial charge in [0.15, 0.2) is 5.76 Å². The van der Waals surface area contributed by atoms with Gasteiger partial charge >= 0.3 is 0 Å². The highest BCUT2D eigenvalue weighted by Crippen LogP contribution is 2.21. The second kappa shape index (κ2) is 10.3. The Labute approximate surface area is 192 Å². The summed E-state index contributed by atoms with van der Waals surface area (Å²) in [6.07, 6.45) is 0. The van der Waals surface area contributed by atoms with E-state index in [1.807, 2.05) is 72.8 Å². The molecule has 2 N–H and O–H groups in total. The van der Waals surface area contributed by atoms with Crippen LogP contribution in [-0.4, -0.2) is 26.6 Å². The Morgan fingerprint density at radius 3 is 2.45 bits per heavy atom. The molecule has 3 aromatic carbocycles. The van der Waals surface area contributed by atoms with Gasteiger partial charge in [0.05, 0.1) is 5.75 Å². The summed E-state index contributed by atoms with van der Waals surface area (Å²) in [6, 6.07) is 26.2. The number of amides is 1. The van der Waals surface area contributed by atoms with Gasteiger partial charge < -0.3 is 14.5 Å². The van der Waals surface area contributed by atoms with Gasteiger partial charge in [0.25, 0.3) is 5.91 Å². The van der Waals surface area contributed by atoms with E-state index in [1.54, 1.807) is 6.07 Å². The fraction of sp³-hybridized carbons (Fsp3) is 0.160. The number of hydrogen-bond acceptors (Lipinski definition) is 5. The number of rotatable bonds is 10. The van der Waals surface area contributed by atoms with Crippen LogP contribution in [0.4, 0.5) is 0 Å². The van der Waals surface area contributed by atoms with Crippen LogP contribution in [0.5, 0.6) is 5.75 Å². The first-order valence-corrected chi connectivity index (χ1v) is 12.1. The second-order valence-electron chi connectivity index (χ2n) is 7.45. The number of sulfonamides is 1. The first-order valence-electron chi connectivity index (χ1n) is 10.5. The molecule has 7 nitrogen and oxygen atoms in total. The number of ether oxygens (including phenoxy) is 1. The molecule has 4 aromatic rings. The van der Waals surface area contributed by atoms with E-state index in [2.05, 4.69) is 10.0 Å². The van der Waals surface area contributed by atoms with Crippen LogP contribution in [0.25, 0.3) is 10.8 Å². The van der Waals surface area contributed by atoms with Gasteiger partial charge in [-0.05, 0) is 40.6 Å². The number of carbonyl (C=O) groups excluding carboxylic acids is 1. The lowest BCUT2D eigenvalue weighted by Gasteiger charge is -2.07. The predicted octanol–water partition coefficient (Wildman–Crippen LogP) is 3.86. The van der Waals surface area contributed by atoms with Crippen molar-refractivity contribution in [1.82, 2.24) is 10.0 Å². The molecule has 8 heteroatoms. The molecule has 1 amide bonds. The first-order chi connectivity index (χ1) is 16.0. The third-order valence-electron chi connectivity index (χ3n) is 4.98. The molecular formula is C25H24N2O5S. The lowest BCUT2D eigenvalue weighted by Crippen LogP contribution is -2.34. The molecular weight excluding hydrogens is 440 g/mol. The van der Waals surface area contributed by atoms with Crippen LogP contribution in [0.3, 0.4) is 0 Å². The van der Waals surface area contributed by atoms with Crippen LogP contribution in [0.2, 0.25) is 0 Å². The summed E-state index contributed by atoms with van der Waals surface area (Å²) in [6.45, 7) is 0.339. The quantitative estimate of drug-likeness (QED) is 0.371. The summed E-state index contributed by atoms with van der Waals surface area (Å²) >= 11 is 0. The van der Waals surface area contributed by atoms with Crippen molar-refractivity contribution < 1.29 is 22.4 Å². The number of furan rings is 1. The number of benzene rings is 3. The molecule has 0 saturated heterocycles. The largest absolute Gasteiger partial charge is 0.486 e. The minimum atomic E-state index is -3.52. The Hall–Kier alpha value is -3.62. The van der Waals surface area contributed by atoms with Gasteiger partial charge in [-0.3, -0.25) is 4.79 Å². The molecule has 1 heterocycles. The summed E-state index contributed by atoms with van der Waals surface area (Å²) < 4.78 is 38.1. The summed E-state index contributed by atoms with van der Waals surface area (Å²) in [5.74, 6) is 0.575. The van der Waals surface area contributed by atoms with E-state index < -0.39 is 15.9 Å². The van der Waals surface area contributed by atoms with Gasteiger partial charge in [-0.1, -0.05) is 60.7 Å². The highest BCUT2D eigenvalue weighted by atomic mass is 32.2. The van der Waals surface area contributed by atoms with Crippen LogP contribution in [-0.2, 0) is 23.2 Å². The molecule has 0 atom stereocenters. The zero-order valence-corrected chi connectivity index (χ0v) is 18.7. The van der Waals surface area contributed by atoms with Crippen LogP contribution < -0.4 is 14.8 Å². The minimum Gasteiger partial charge on any atom is -0.486 e. The van der Waals surface area contributed by atoms with Crippen molar-refractivity contribution >= 4 is 26.7 Å². The van der Waals surface area contributed by atoms with Gasteiger partial charge in [-0.2, -0.15) is 0 Å². The Morgan fingerprint density at radius 2 is 1.64 bits per heavy atom. The fourth-order valence-corrected chi connectivity index (χ4v) is 4.14.